The lowest BCUT2D eigenvalue weighted by Crippen LogP contribution is -2.61. The minimum Gasteiger partial charge on any atom is -0.368 e. The lowest BCUT2D eigenvalue weighted by Gasteiger charge is -2.40. The maximum Gasteiger partial charge on any atom is 0.246 e. The van der Waals surface area contributed by atoms with Crippen molar-refractivity contribution in [3.05, 3.63) is 104 Å². The highest BCUT2D eigenvalue weighted by atomic mass is 35.5. The Labute approximate surface area is 292 Å². The number of para-hydroxylation sites is 1. The summed E-state index contributed by atoms with van der Waals surface area (Å²) in [6.07, 6.45) is 2.75. The molecular formula is C34H33Cl4N5O4. The fourth-order valence-electron chi connectivity index (χ4n) is 5.83. The van der Waals surface area contributed by atoms with E-state index in [1.807, 2.05) is 30.5 Å². The number of rotatable bonds is 13. The molecule has 0 saturated carbocycles. The summed E-state index contributed by atoms with van der Waals surface area (Å²) < 4.78 is 0. The van der Waals surface area contributed by atoms with E-state index < -0.39 is 17.9 Å². The minimum absolute atomic E-state index is 0.117. The van der Waals surface area contributed by atoms with E-state index in [0.29, 0.717) is 39.4 Å². The van der Waals surface area contributed by atoms with E-state index in [0.717, 1.165) is 27.6 Å². The van der Waals surface area contributed by atoms with E-state index in [-0.39, 0.29) is 51.0 Å². The first-order valence-electron chi connectivity index (χ1n) is 15.1. The number of benzene rings is 3. The first kappa shape index (κ1) is 34.6. The van der Waals surface area contributed by atoms with Crippen molar-refractivity contribution in [2.24, 2.45) is 5.73 Å². The molecule has 3 N–H and O–H groups in total. The van der Waals surface area contributed by atoms with Crippen molar-refractivity contribution in [1.82, 2.24) is 19.7 Å². The number of aromatic amines is 1. The van der Waals surface area contributed by atoms with Gasteiger partial charge in [0.15, 0.2) is 0 Å². The zero-order valence-corrected chi connectivity index (χ0v) is 28.4. The van der Waals surface area contributed by atoms with Crippen LogP contribution in [0.25, 0.3) is 10.9 Å². The Morgan fingerprint density at radius 3 is 2.15 bits per heavy atom. The SMILES string of the molecule is NC(=O)CN(CCc1ccc(Cl)cc1Cl)C(=O)CC1C(=O)N(CCc2ccc(Cl)cc2Cl)CC(=O)N1CCc1c[nH]c2ccccc12. The Hall–Kier alpha value is -3.76. The molecule has 1 atom stereocenters. The Kier molecular flexibility index (Phi) is 11.3. The van der Waals surface area contributed by atoms with Gasteiger partial charge in [-0.1, -0.05) is 76.7 Å². The highest BCUT2D eigenvalue weighted by molar-refractivity contribution is 6.35. The Bertz CT molecular complexity index is 1810. The molecule has 1 saturated heterocycles. The van der Waals surface area contributed by atoms with E-state index >= 15 is 0 Å². The van der Waals surface area contributed by atoms with Crippen molar-refractivity contribution < 1.29 is 19.2 Å². The molecule has 5 rings (SSSR count). The van der Waals surface area contributed by atoms with Crippen LogP contribution in [0.3, 0.4) is 0 Å². The van der Waals surface area contributed by atoms with Gasteiger partial charge >= 0.3 is 0 Å². The smallest absolute Gasteiger partial charge is 0.246 e. The number of primary amides is 1. The van der Waals surface area contributed by atoms with Crippen LogP contribution in [0.2, 0.25) is 20.1 Å². The van der Waals surface area contributed by atoms with Crippen molar-refractivity contribution >= 4 is 80.9 Å². The van der Waals surface area contributed by atoms with Gasteiger partial charge in [0.2, 0.25) is 23.6 Å². The molecule has 13 heteroatoms. The summed E-state index contributed by atoms with van der Waals surface area (Å²) in [5.41, 5.74) is 8.97. The maximum atomic E-state index is 14.0. The predicted molar refractivity (Wildman–Crippen MR) is 185 cm³/mol. The number of amides is 4. The summed E-state index contributed by atoms with van der Waals surface area (Å²) in [5.74, 6) is -1.83. The standard InChI is InChI=1S/C34H33Cl4N5O4/c35-24-7-5-21(27(37)15-24)9-12-41(19-31(39)44)32(45)17-30-34(47)42(13-10-22-6-8-25(36)16-28(22)38)20-33(46)43(30)14-11-23-18-40-29-4-2-1-3-26(23)29/h1-8,15-16,18,30,40H,9-14,17,19-20H2,(H2,39,44). The third-order valence-corrected chi connectivity index (χ3v) is 9.49. The van der Waals surface area contributed by atoms with Gasteiger partial charge in [0.25, 0.3) is 0 Å². The molecule has 0 aliphatic carbocycles. The van der Waals surface area contributed by atoms with Crippen molar-refractivity contribution in [2.75, 3.05) is 32.7 Å². The number of hydrogen-bond acceptors (Lipinski definition) is 4. The molecule has 246 valence electrons. The van der Waals surface area contributed by atoms with Gasteiger partial charge in [0.1, 0.15) is 6.04 Å². The van der Waals surface area contributed by atoms with Crippen LogP contribution in [0, 0.1) is 0 Å². The second-order valence-electron chi connectivity index (χ2n) is 11.4. The summed E-state index contributed by atoms with van der Waals surface area (Å²) >= 11 is 24.8. The summed E-state index contributed by atoms with van der Waals surface area (Å²) in [6.45, 7) is 0.0617. The van der Waals surface area contributed by atoms with Crippen LogP contribution in [-0.2, 0) is 38.4 Å². The topological polar surface area (TPSA) is 120 Å². The number of nitrogens with two attached hydrogens (primary N) is 1. The van der Waals surface area contributed by atoms with Crippen LogP contribution in [0.5, 0.6) is 0 Å². The molecule has 2 heterocycles. The van der Waals surface area contributed by atoms with Gasteiger partial charge in [-0.2, -0.15) is 0 Å². The van der Waals surface area contributed by atoms with Crippen molar-refractivity contribution in [2.45, 2.75) is 31.7 Å². The first-order valence-corrected chi connectivity index (χ1v) is 16.6. The fraction of sp³-hybridized carbons (Fsp3) is 0.294. The second kappa shape index (κ2) is 15.4. The molecule has 3 aromatic carbocycles. The zero-order valence-electron chi connectivity index (χ0n) is 25.4. The van der Waals surface area contributed by atoms with Crippen molar-refractivity contribution in [1.29, 1.82) is 0 Å². The molecule has 47 heavy (non-hydrogen) atoms. The van der Waals surface area contributed by atoms with Gasteiger partial charge in [-0.3, -0.25) is 19.2 Å². The second-order valence-corrected chi connectivity index (χ2v) is 13.1. The Balaban J connectivity index is 1.36. The third-order valence-electron chi connectivity index (χ3n) is 8.32. The summed E-state index contributed by atoms with van der Waals surface area (Å²) in [5, 5.41) is 2.87. The molecule has 0 radical (unpaired) electrons. The van der Waals surface area contributed by atoms with Crippen molar-refractivity contribution in [3.63, 3.8) is 0 Å². The van der Waals surface area contributed by atoms with Crippen LogP contribution in [0.1, 0.15) is 23.1 Å². The number of hydrogen-bond donors (Lipinski definition) is 2. The number of H-pyrrole nitrogens is 1. The quantitative estimate of drug-likeness (QED) is 0.189. The molecule has 1 aliphatic rings. The highest BCUT2D eigenvalue weighted by Crippen LogP contribution is 2.25. The number of halogens is 4. The monoisotopic (exact) mass is 715 g/mol. The molecule has 9 nitrogen and oxygen atoms in total. The summed E-state index contributed by atoms with van der Waals surface area (Å²) in [6, 6.07) is 16.9. The fourth-order valence-corrected chi connectivity index (χ4v) is 6.84. The van der Waals surface area contributed by atoms with E-state index in [1.54, 1.807) is 36.4 Å². The largest absolute Gasteiger partial charge is 0.368 e. The summed E-state index contributed by atoms with van der Waals surface area (Å²) in [4.78, 5) is 61.0. The lowest BCUT2D eigenvalue weighted by atomic mass is 10.0. The average molecular weight is 717 g/mol. The van der Waals surface area contributed by atoms with E-state index in [1.165, 1.54) is 14.7 Å². The number of carbonyl (C=O) groups is 4. The molecule has 4 aromatic rings. The Morgan fingerprint density at radius 1 is 0.851 bits per heavy atom. The third kappa shape index (κ3) is 8.59. The van der Waals surface area contributed by atoms with Crippen LogP contribution >= 0.6 is 46.4 Å². The van der Waals surface area contributed by atoms with Gasteiger partial charge in [-0.05, 0) is 66.3 Å². The van der Waals surface area contributed by atoms with Crippen LogP contribution in [0.4, 0.5) is 0 Å². The van der Waals surface area contributed by atoms with Gasteiger partial charge < -0.3 is 25.4 Å². The molecule has 4 amide bonds. The molecule has 1 unspecified atom stereocenters. The zero-order chi connectivity index (χ0) is 33.7. The summed E-state index contributed by atoms with van der Waals surface area (Å²) in [7, 11) is 0. The maximum absolute atomic E-state index is 14.0. The van der Waals surface area contributed by atoms with Gasteiger partial charge in [-0.25, -0.2) is 0 Å². The predicted octanol–water partition coefficient (Wildman–Crippen LogP) is 5.55. The van der Waals surface area contributed by atoms with E-state index in [9.17, 15) is 19.2 Å². The molecule has 1 aromatic heterocycles. The number of aromatic nitrogens is 1. The van der Waals surface area contributed by atoms with Gasteiger partial charge in [-0.15, -0.1) is 0 Å². The normalized spacial score (nSPS) is 15.0. The molecular weight excluding hydrogens is 684 g/mol. The van der Waals surface area contributed by atoms with Crippen LogP contribution in [0.15, 0.2) is 66.9 Å². The molecule has 1 aliphatic heterocycles. The van der Waals surface area contributed by atoms with E-state index in [4.69, 9.17) is 52.1 Å². The van der Waals surface area contributed by atoms with Gasteiger partial charge in [0, 0.05) is 56.8 Å². The molecule has 1 fully saturated rings. The number of piperazine rings is 1. The van der Waals surface area contributed by atoms with E-state index in [2.05, 4.69) is 4.98 Å². The first-order chi connectivity index (χ1) is 22.5. The van der Waals surface area contributed by atoms with Gasteiger partial charge in [0.05, 0.1) is 19.5 Å². The van der Waals surface area contributed by atoms with Crippen LogP contribution < -0.4 is 5.73 Å². The number of nitrogens with one attached hydrogen (secondary N) is 1. The molecule has 0 spiro atoms. The van der Waals surface area contributed by atoms with Crippen molar-refractivity contribution in [3.8, 4) is 0 Å². The number of nitrogens with zero attached hydrogens (tertiary/aromatic N) is 3. The number of fused-ring (bicyclic) bond motifs is 1. The number of carbonyl (C=O) groups excluding carboxylic acids is 4. The Morgan fingerprint density at radius 2 is 1.49 bits per heavy atom. The molecule has 0 bridgehead atoms. The highest BCUT2D eigenvalue weighted by Gasteiger charge is 2.41. The lowest BCUT2D eigenvalue weighted by molar-refractivity contribution is -0.158. The van der Waals surface area contributed by atoms with Crippen LogP contribution in [-0.4, -0.2) is 82.1 Å². The average Bonchev–Trinajstić information content (AvgIpc) is 3.44. The minimum atomic E-state index is -1.08.